The van der Waals surface area contributed by atoms with E-state index in [-0.39, 0.29) is 16.7 Å². The van der Waals surface area contributed by atoms with Crippen molar-refractivity contribution in [2.45, 2.75) is 38.1 Å². The van der Waals surface area contributed by atoms with E-state index in [0.717, 1.165) is 90.2 Å². The van der Waals surface area contributed by atoms with Crippen molar-refractivity contribution in [3.63, 3.8) is 0 Å². The first-order valence-corrected chi connectivity index (χ1v) is 15.1. The molecule has 6 rings (SSSR count). The summed E-state index contributed by atoms with van der Waals surface area (Å²) < 4.78 is 13.5. The average Bonchev–Trinajstić information content (AvgIpc) is 3.65. The van der Waals surface area contributed by atoms with Gasteiger partial charge in [-0.1, -0.05) is 24.2 Å². The highest BCUT2D eigenvalue weighted by Crippen LogP contribution is 2.43. The SMILES string of the molecule is C=CC(=O)Nc1cc2c(CC3CN3CCc3ccc(F)c(Cl)c3)ncnc2cc1NCCC1C2CCC1CN(C)C2. The molecular formula is C32H38ClFN6O. The summed E-state index contributed by atoms with van der Waals surface area (Å²) in [6, 6.07) is 9.34. The Bertz CT molecular complexity index is 1440. The summed E-state index contributed by atoms with van der Waals surface area (Å²) in [7, 11) is 2.24. The summed E-state index contributed by atoms with van der Waals surface area (Å²) in [6.07, 6.45) is 8.35. The van der Waals surface area contributed by atoms with E-state index in [1.165, 1.54) is 38.1 Å². The van der Waals surface area contributed by atoms with Crippen molar-refractivity contribution in [1.82, 2.24) is 19.8 Å². The lowest BCUT2D eigenvalue weighted by Crippen LogP contribution is -2.40. The monoisotopic (exact) mass is 576 g/mol. The average molecular weight is 577 g/mol. The van der Waals surface area contributed by atoms with Crippen LogP contribution >= 0.6 is 11.6 Å². The molecule has 1 aromatic heterocycles. The molecule has 1 aliphatic carbocycles. The smallest absolute Gasteiger partial charge is 0.247 e. The summed E-state index contributed by atoms with van der Waals surface area (Å²) in [5.41, 5.74) is 4.47. The molecule has 3 aliphatic rings. The largest absolute Gasteiger partial charge is 0.383 e. The van der Waals surface area contributed by atoms with E-state index in [0.29, 0.717) is 6.04 Å². The molecule has 1 saturated carbocycles. The highest BCUT2D eigenvalue weighted by atomic mass is 35.5. The van der Waals surface area contributed by atoms with Gasteiger partial charge < -0.3 is 15.5 Å². The minimum absolute atomic E-state index is 0.166. The van der Waals surface area contributed by atoms with Crippen LogP contribution in [-0.4, -0.2) is 71.5 Å². The Morgan fingerprint density at radius 1 is 1.15 bits per heavy atom. The molecule has 0 radical (unpaired) electrons. The molecule has 4 atom stereocenters. The standard InChI is InChI=1S/C32H38ClFN6O/c1-3-32(41)38-31-14-25-28(13-23-18-40(23)11-9-20-4-7-27(34)26(33)12-20)36-19-37-29(25)15-30(31)35-10-8-24-21-5-6-22(24)17-39(2)16-21/h3-4,7,12,14-15,19,21-24,35H,1,5-6,8-11,13,16-18H2,2H3,(H,38,41). The fourth-order valence-electron chi connectivity index (χ4n) is 7.05. The highest BCUT2D eigenvalue weighted by Gasteiger charge is 2.40. The summed E-state index contributed by atoms with van der Waals surface area (Å²) in [5, 5.41) is 7.73. The number of hydrogen-bond donors (Lipinski definition) is 2. The molecule has 7 nitrogen and oxygen atoms in total. The molecule has 1 amide bonds. The van der Waals surface area contributed by atoms with E-state index in [1.54, 1.807) is 18.5 Å². The molecule has 2 saturated heterocycles. The minimum Gasteiger partial charge on any atom is -0.383 e. The van der Waals surface area contributed by atoms with Crippen LogP contribution in [0.5, 0.6) is 0 Å². The zero-order valence-electron chi connectivity index (χ0n) is 23.6. The minimum atomic E-state index is -0.387. The van der Waals surface area contributed by atoms with Crippen molar-refractivity contribution in [3.8, 4) is 0 Å². The molecule has 2 N–H and O–H groups in total. The molecule has 3 heterocycles. The number of aromatic nitrogens is 2. The summed E-state index contributed by atoms with van der Waals surface area (Å²) >= 11 is 5.94. The van der Waals surface area contributed by atoms with E-state index in [1.807, 2.05) is 12.1 Å². The van der Waals surface area contributed by atoms with Crippen LogP contribution in [0.25, 0.3) is 10.9 Å². The number of rotatable bonds is 11. The van der Waals surface area contributed by atoms with Gasteiger partial charge in [0.05, 0.1) is 27.6 Å². The van der Waals surface area contributed by atoms with Crippen LogP contribution < -0.4 is 10.6 Å². The fourth-order valence-corrected chi connectivity index (χ4v) is 7.25. The van der Waals surface area contributed by atoms with Crippen molar-refractivity contribution in [3.05, 3.63) is 71.4 Å². The molecule has 2 bridgehead atoms. The van der Waals surface area contributed by atoms with Crippen LogP contribution in [0.15, 0.2) is 49.3 Å². The van der Waals surface area contributed by atoms with Gasteiger partial charge >= 0.3 is 0 Å². The Labute approximate surface area is 246 Å². The summed E-state index contributed by atoms with van der Waals surface area (Å²) in [5.74, 6) is 1.72. The molecule has 216 valence electrons. The second kappa shape index (κ2) is 12.0. The number of nitrogens with one attached hydrogen (secondary N) is 2. The maximum Gasteiger partial charge on any atom is 0.247 e. The third-order valence-corrected chi connectivity index (χ3v) is 9.52. The normalized spacial score (nSPS) is 25.3. The second-order valence-corrected chi connectivity index (χ2v) is 12.4. The Morgan fingerprint density at radius 2 is 1.95 bits per heavy atom. The first-order valence-electron chi connectivity index (χ1n) is 14.7. The number of benzene rings is 2. The molecule has 3 fully saturated rings. The van der Waals surface area contributed by atoms with Crippen LogP contribution in [0, 0.1) is 23.6 Å². The third-order valence-electron chi connectivity index (χ3n) is 9.23. The number of likely N-dealkylation sites (tertiary alicyclic amines) is 1. The van der Waals surface area contributed by atoms with Gasteiger partial charge in [-0.3, -0.25) is 9.69 Å². The van der Waals surface area contributed by atoms with Crippen molar-refractivity contribution in [1.29, 1.82) is 0 Å². The van der Waals surface area contributed by atoms with Crippen LogP contribution in [-0.2, 0) is 17.6 Å². The first-order chi connectivity index (χ1) is 19.9. The van der Waals surface area contributed by atoms with Gasteiger partial charge in [-0.15, -0.1) is 0 Å². The number of amides is 1. The van der Waals surface area contributed by atoms with Crippen molar-refractivity contribution >= 4 is 39.8 Å². The van der Waals surface area contributed by atoms with Crippen LogP contribution in [0.3, 0.4) is 0 Å². The fraction of sp³-hybridized carbons (Fsp3) is 0.469. The van der Waals surface area contributed by atoms with Gasteiger partial charge in [0.25, 0.3) is 0 Å². The zero-order chi connectivity index (χ0) is 28.5. The number of carbonyl (C=O) groups is 1. The van der Waals surface area contributed by atoms with Gasteiger partial charge in [-0.2, -0.15) is 0 Å². The lowest BCUT2D eigenvalue weighted by molar-refractivity contribution is -0.111. The van der Waals surface area contributed by atoms with Crippen molar-refractivity contribution in [2.75, 3.05) is 50.4 Å². The Kier molecular flexibility index (Phi) is 8.24. The second-order valence-electron chi connectivity index (χ2n) is 12.0. The van der Waals surface area contributed by atoms with Crippen LogP contribution in [0.2, 0.25) is 5.02 Å². The molecule has 0 spiro atoms. The molecule has 9 heteroatoms. The number of nitrogens with zero attached hydrogens (tertiary/aromatic N) is 4. The molecular weight excluding hydrogens is 539 g/mol. The number of fused-ring (bicyclic) bond motifs is 3. The number of halogens is 2. The first kappa shape index (κ1) is 28.1. The van der Waals surface area contributed by atoms with Crippen molar-refractivity contribution < 1.29 is 9.18 Å². The highest BCUT2D eigenvalue weighted by molar-refractivity contribution is 6.30. The van der Waals surface area contributed by atoms with Gasteiger partial charge in [0.15, 0.2) is 0 Å². The van der Waals surface area contributed by atoms with E-state index in [2.05, 4.69) is 44.0 Å². The molecule has 4 unspecified atom stereocenters. The van der Waals surface area contributed by atoms with Gasteiger partial charge in [0.1, 0.15) is 12.1 Å². The predicted octanol–water partition coefficient (Wildman–Crippen LogP) is 5.41. The lowest BCUT2D eigenvalue weighted by Gasteiger charge is -2.36. The molecule has 2 aliphatic heterocycles. The Morgan fingerprint density at radius 3 is 2.71 bits per heavy atom. The quantitative estimate of drug-likeness (QED) is 0.235. The summed E-state index contributed by atoms with van der Waals surface area (Å²) in [6.45, 7) is 8.76. The van der Waals surface area contributed by atoms with Gasteiger partial charge in [-0.05, 0) is 86.4 Å². The van der Waals surface area contributed by atoms with E-state index in [4.69, 9.17) is 11.6 Å². The third kappa shape index (κ3) is 6.40. The Balaban J connectivity index is 1.13. The lowest BCUT2D eigenvalue weighted by atomic mass is 9.83. The van der Waals surface area contributed by atoms with Gasteiger partial charge in [0, 0.05) is 50.6 Å². The van der Waals surface area contributed by atoms with Gasteiger partial charge in [0.2, 0.25) is 5.91 Å². The van der Waals surface area contributed by atoms with Crippen LogP contribution in [0.1, 0.15) is 30.5 Å². The topological polar surface area (TPSA) is 73.2 Å². The Hall–Kier alpha value is -3.07. The zero-order valence-corrected chi connectivity index (χ0v) is 24.3. The molecule has 3 aromatic rings. The van der Waals surface area contributed by atoms with Crippen LogP contribution in [0.4, 0.5) is 15.8 Å². The van der Waals surface area contributed by atoms with E-state index < -0.39 is 0 Å². The van der Waals surface area contributed by atoms with E-state index >= 15 is 0 Å². The molecule has 41 heavy (non-hydrogen) atoms. The number of hydrogen-bond acceptors (Lipinski definition) is 6. The maximum absolute atomic E-state index is 13.5. The predicted molar refractivity (Wildman–Crippen MR) is 163 cm³/mol. The van der Waals surface area contributed by atoms with Gasteiger partial charge in [-0.25, -0.2) is 14.4 Å². The van der Waals surface area contributed by atoms with Crippen molar-refractivity contribution in [2.24, 2.45) is 17.8 Å². The summed E-state index contributed by atoms with van der Waals surface area (Å²) in [4.78, 5) is 26.4. The number of anilines is 2. The number of carbonyl (C=O) groups excluding carboxylic acids is 1. The van der Waals surface area contributed by atoms with E-state index in [9.17, 15) is 9.18 Å². The number of piperidine rings is 1. The molecule has 2 aromatic carbocycles. The maximum atomic E-state index is 13.5.